The van der Waals surface area contributed by atoms with Gasteiger partial charge < -0.3 is 0 Å². The van der Waals surface area contributed by atoms with Crippen molar-refractivity contribution in [3.8, 4) is 6.07 Å². The summed E-state index contributed by atoms with van der Waals surface area (Å²) < 4.78 is 25.0. The van der Waals surface area contributed by atoms with E-state index < -0.39 is 15.3 Å². The van der Waals surface area contributed by atoms with Crippen molar-refractivity contribution in [2.45, 2.75) is 18.6 Å². The average molecular weight is 234 g/mol. The SMILES string of the molecule is CC(C#N)S(=O)(=O)N1CCCSCC1. The van der Waals surface area contributed by atoms with Crippen molar-refractivity contribution < 1.29 is 8.42 Å². The summed E-state index contributed by atoms with van der Waals surface area (Å²) >= 11 is 1.77. The third kappa shape index (κ3) is 2.62. The van der Waals surface area contributed by atoms with Gasteiger partial charge in [-0.1, -0.05) is 0 Å². The molecule has 1 aliphatic heterocycles. The molecule has 1 rings (SSSR count). The highest BCUT2D eigenvalue weighted by Crippen LogP contribution is 2.15. The first-order valence-corrected chi connectivity index (χ1v) is 7.21. The molecule has 4 nitrogen and oxygen atoms in total. The molecule has 0 aromatic heterocycles. The molecule has 1 fully saturated rings. The van der Waals surface area contributed by atoms with E-state index in [1.165, 1.54) is 11.2 Å². The third-order valence-electron chi connectivity index (χ3n) is 2.17. The first-order valence-electron chi connectivity index (χ1n) is 4.55. The van der Waals surface area contributed by atoms with Gasteiger partial charge in [-0.2, -0.15) is 21.3 Å². The second kappa shape index (κ2) is 5.01. The Labute approximate surface area is 89.3 Å². The van der Waals surface area contributed by atoms with Gasteiger partial charge >= 0.3 is 0 Å². The summed E-state index contributed by atoms with van der Waals surface area (Å²) in [6.45, 7) is 2.54. The molecule has 1 saturated heterocycles. The lowest BCUT2D eigenvalue weighted by Crippen LogP contribution is -2.38. The first kappa shape index (κ1) is 11.8. The van der Waals surface area contributed by atoms with Crippen LogP contribution in [0.2, 0.25) is 0 Å². The predicted molar refractivity (Wildman–Crippen MR) is 57.5 cm³/mol. The van der Waals surface area contributed by atoms with Crippen LogP contribution in [0.4, 0.5) is 0 Å². The highest BCUT2D eigenvalue weighted by molar-refractivity contribution is 7.99. The van der Waals surface area contributed by atoms with Crippen molar-refractivity contribution in [3.05, 3.63) is 0 Å². The molecule has 0 aliphatic carbocycles. The quantitative estimate of drug-likeness (QED) is 0.704. The summed E-state index contributed by atoms with van der Waals surface area (Å²) in [6.07, 6.45) is 0.877. The molecule has 14 heavy (non-hydrogen) atoms. The minimum absolute atomic E-state index is 0.541. The van der Waals surface area contributed by atoms with Gasteiger partial charge in [-0.3, -0.25) is 0 Å². The molecule has 0 aromatic rings. The summed E-state index contributed by atoms with van der Waals surface area (Å²) in [5.74, 6) is 1.84. The molecule has 1 unspecified atom stereocenters. The van der Waals surface area contributed by atoms with Crippen LogP contribution in [-0.2, 0) is 10.0 Å². The van der Waals surface area contributed by atoms with E-state index in [-0.39, 0.29) is 0 Å². The monoisotopic (exact) mass is 234 g/mol. The van der Waals surface area contributed by atoms with Gasteiger partial charge in [0.1, 0.15) is 0 Å². The number of rotatable bonds is 2. The van der Waals surface area contributed by atoms with Gasteiger partial charge in [0.05, 0.1) is 6.07 Å². The number of nitriles is 1. The highest BCUT2D eigenvalue weighted by atomic mass is 32.2. The summed E-state index contributed by atoms with van der Waals surface area (Å²) in [7, 11) is -3.38. The fraction of sp³-hybridized carbons (Fsp3) is 0.875. The van der Waals surface area contributed by atoms with E-state index >= 15 is 0 Å². The molecule has 0 amide bonds. The maximum atomic E-state index is 11.8. The molecule has 1 heterocycles. The van der Waals surface area contributed by atoms with E-state index in [2.05, 4.69) is 0 Å². The molecule has 0 aromatic carbocycles. The zero-order valence-electron chi connectivity index (χ0n) is 8.14. The van der Waals surface area contributed by atoms with Gasteiger partial charge in [-0.05, 0) is 19.1 Å². The Hall–Kier alpha value is -0.250. The highest BCUT2D eigenvalue weighted by Gasteiger charge is 2.28. The second-order valence-electron chi connectivity index (χ2n) is 3.18. The molecule has 0 bridgehead atoms. The van der Waals surface area contributed by atoms with Crippen molar-refractivity contribution in [1.82, 2.24) is 4.31 Å². The normalized spacial score (nSPS) is 22.3. The van der Waals surface area contributed by atoms with E-state index in [1.807, 2.05) is 0 Å². The van der Waals surface area contributed by atoms with Crippen molar-refractivity contribution in [3.63, 3.8) is 0 Å². The van der Waals surface area contributed by atoms with Gasteiger partial charge in [0, 0.05) is 18.8 Å². The van der Waals surface area contributed by atoms with Crippen LogP contribution in [0.15, 0.2) is 0 Å². The predicted octanol–water partition coefficient (Wildman–Crippen LogP) is 0.667. The van der Waals surface area contributed by atoms with Gasteiger partial charge in [-0.25, -0.2) is 8.42 Å². The summed E-state index contributed by atoms with van der Waals surface area (Å²) in [4.78, 5) is 0. The Morgan fingerprint density at radius 2 is 2.14 bits per heavy atom. The maximum Gasteiger partial charge on any atom is 0.230 e. The fourth-order valence-corrected chi connectivity index (χ4v) is 3.58. The zero-order chi connectivity index (χ0) is 10.6. The van der Waals surface area contributed by atoms with Crippen LogP contribution in [0.5, 0.6) is 0 Å². The molecular formula is C8H14N2O2S2. The molecule has 0 N–H and O–H groups in total. The lowest BCUT2D eigenvalue weighted by Gasteiger charge is -2.20. The van der Waals surface area contributed by atoms with Crippen molar-refractivity contribution in [1.29, 1.82) is 5.26 Å². The van der Waals surface area contributed by atoms with E-state index in [0.29, 0.717) is 13.1 Å². The molecule has 1 atom stereocenters. The van der Waals surface area contributed by atoms with Gasteiger partial charge in [0.2, 0.25) is 10.0 Å². The first-order chi connectivity index (χ1) is 6.59. The van der Waals surface area contributed by atoms with E-state index in [4.69, 9.17) is 5.26 Å². The lowest BCUT2D eigenvalue weighted by molar-refractivity contribution is 0.432. The van der Waals surface area contributed by atoms with Gasteiger partial charge in [0.25, 0.3) is 0 Å². The van der Waals surface area contributed by atoms with Gasteiger partial charge in [0.15, 0.2) is 5.25 Å². The molecular weight excluding hydrogens is 220 g/mol. The number of nitrogens with zero attached hydrogens (tertiary/aromatic N) is 2. The standard InChI is InChI=1S/C8H14N2O2S2/c1-8(7-9)14(11,12)10-3-2-5-13-6-4-10/h8H,2-6H2,1H3. The molecule has 1 aliphatic rings. The number of hydrogen-bond acceptors (Lipinski definition) is 4. The van der Waals surface area contributed by atoms with Crippen LogP contribution in [0.25, 0.3) is 0 Å². The van der Waals surface area contributed by atoms with Crippen LogP contribution < -0.4 is 0 Å². The summed E-state index contributed by atoms with van der Waals surface area (Å²) in [5.41, 5.74) is 0. The Morgan fingerprint density at radius 1 is 1.43 bits per heavy atom. The molecule has 0 radical (unpaired) electrons. The number of sulfonamides is 1. The molecule has 6 heteroatoms. The minimum Gasteiger partial charge on any atom is -0.211 e. The lowest BCUT2D eigenvalue weighted by atomic mass is 10.5. The van der Waals surface area contributed by atoms with E-state index in [1.54, 1.807) is 17.8 Å². The molecule has 0 saturated carbocycles. The second-order valence-corrected chi connectivity index (χ2v) is 6.66. The van der Waals surface area contributed by atoms with Crippen LogP contribution in [0.1, 0.15) is 13.3 Å². The Bertz CT molecular complexity index is 313. The summed E-state index contributed by atoms with van der Waals surface area (Å²) in [5, 5.41) is 7.68. The Kier molecular flexibility index (Phi) is 4.23. The van der Waals surface area contributed by atoms with Crippen LogP contribution >= 0.6 is 11.8 Å². The van der Waals surface area contributed by atoms with Crippen molar-refractivity contribution in [2.75, 3.05) is 24.6 Å². The zero-order valence-corrected chi connectivity index (χ0v) is 9.77. The van der Waals surface area contributed by atoms with Crippen molar-refractivity contribution >= 4 is 21.8 Å². The summed E-state index contributed by atoms with van der Waals surface area (Å²) in [6, 6.07) is 1.79. The Balaban J connectivity index is 2.76. The maximum absolute atomic E-state index is 11.8. The largest absolute Gasteiger partial charge is 0.230 e. The minimum atomic E-state index is -3.38. The number of hydrogen-bond donors (Lipinski definition) is 0. The third-order valence-corrected chi connectivity index (χ3v) is 5.30. The Morgan fingerprint density at radius 3 is 2.79 bits per heavy atom. The van der Waals surface area contributed by atoms with Gasteiger partial charge in [-0.15, -0.1) is 0 Å². The molecule has 80 valence electrons. The van der Waals surface area contributed by atoms with Crippen LogP contribution in [-0.4, -0.2) is 42.6 Å². The van der Waals surface area contributed by atoms with E-state index in [9.17, 15) is 8.42 Å². The van der Waals surface area contributed by atoms with Crippen LogP contribution in [0, 0.1) is 11.3 Å². The topological polar surface area (TPSA) is 61.2 Å². The van der Waals surface area contributed by atoms with E-state index in [0.717, 1.165) is 17.9 Å². The van der Waals surface area contributed by atoms with Crippen LogP contribution in [0.3, 0.4) is 0 Å². The fourth-order valence-electron chi connectivity index (χ4n) is 1.27. The molecule has 0 spiro atoms. The average Bonchev–Trinajstić information content (AvgIpc) is 2.44. The van der Waals surface area contributed by atoms with Crippen molar-refractivity contribution in [2.24, 2.45) is 0 Å². The number of thioether (sulfide) groups is 1. The smallest absolute Gasteiger partial charge is 0.211 e.